The molecular formula is C11H17N5OS. The summed E-state index contributed by atoms with van der Waals surface area (Å²) in [4.78, 5) is 11.2. The van der Waals surface area contributed by atoms with Gasteiger partial charge in [-0.1, -0.05) is 0 Å². The number of nitrogens with one attached hydrogen (secondary N) is 2. The van der Waals surface area contributed by atoms with Crippen LogP contribution in [-0.2, 0) is 0 Å². The summed E-state index contributed by atoms with van der Waals surface area (Å²) in [5.41, 5.74) is 8.15. The van der Waals surface area contributed by atoms with Crippen molar-refractivity contribution in [3.8, 4) is 0 Å². The molecule has 0 radical (unpaired) electrons. The molecule has 0 spiro atoms. The molecule has 2 heterocycles. The van der Waals surface area contributed by atoms with Gasteiger partial charge in [-0.15, -0.1) is 0 Å². The Morgan fingerprint density at radius 3 is 3.00 bits per heavy atom. The van der Waals surface area contributed by atoms with Gasteiger partial charge in [-0.05, 0) is 13.3 Å². The molecule has 2 rings (SSSR count). The van der Waals surface area contributed by atoms with Gasteiger partial charge in [0.25, 0.3) is 0 Å². The summed E-state index contributed by atoms with van der Waals surface area (Å²) in [6, 6.07) is -0.180. The van der Waals surface area contributed by atoms with Crippen molar-refractivity contribution in [2.75, 3.05) is 24.8 Å². The zero-order valence-electron chi connectivity index (χ0n) is 10.3. The van der Waals surface area contributed by atoms with E-state index in [4.69, 9.17) is 5.73 Å². The molecule has 2 aromatic rings. The Labute approximate surface area is 109 Å². The fraction of sp³-hybridized carbons (Fsp3) is 0.455. The zero-order chi connectivity index (χ0) is 13.1. The summed E-state index contributed by atoms with van der Waals surface area (Å²) in [5, 5.41) is 13.3. The Bertz CT molecular complexity index is 529. The van der Waals surface area contributed by atoms with Crippen molar-refractivity contribution in [2.45, 2.75) is 12.1 Å². The van der Waals surface area contributed by atoms with Crippen molar-refractivity contribution in [2.24, 2.45) is 0 Å². The van der Waals surface area contributed by atoms with Crippen LogP contribution in [0, 0.1) is 0 Å². The zero-order valence-corrected chi connectivity index (χ0v) is 11.2. The quantitative estimate of drug-likeness (QED) is 0.630. The van der Waals surface area contributed by atoms with Gasteiger partial charge >= 0.3 is 0 Å². The minimum absolute atomic E-state index is 0.180. The molecule has 0 saturated carbocycles. The fourth-order valence-corrected chi connectivity index (χ4v) is 2.57. The minimum Gasteiger partial charge on any atom is -0.390 e. The van der Waals surface area contributed by atoms with Crippen molar-refractivity contribution in [1.29, 1.82) is 0 Å². The number of hydrogen-bond acceptors (Lipinski definition) is 6. The number of aromatic nitrogens is 3. The van der Waals surface area contributed by atoms with Gasteiger partial charge in [0.2, 0.25) is 0 Å². The van der Waals surface area contributed by atoms with Crippen molar-refractivity contribution >= 4 is 28.6 Å². The van der Waals surface area contributed by atoms with Crippen LogP contribution in [0.2, 0.25) is 0 Å². The van der Waals surface area contributed by atoms with Crippen molar-refractivity contribution in [1.82, 2.24) is 20.3 Å². The molecule has 0 aromatic carbocycles. The number of rotatable bonds is 5. The molecule has 0 aliphatic heterocycles. The van der Waals surface area contributed by atoms with Crippen LogP contribution in [0.15, 0.2) is 12.5 Å². The lowest BCUT2D eigenvalue weighted by atomic mass is 10.0. The first-order chi connectivity index (χ1) is 8.69. The Kier molecular flexibility index (Phi) is 4.05. The van der Waals surface area contributed by atoms with Crippen molar-refractivity contribution < 1.29 is 5.11 Å². The molecule has 18 heavy (non-hydrogen) atoms. The summed E-state index contributed by atoms with van der Waals surface area (Å²) in [7, 11) is 1.82. The number of nitrogens with zero attached hydrogens (tertiary/aromatic N) is 2. The van der Waals surface area contributed by atoms with Crippen LogP contribution < -0.4 is 11.1 Å². The number of hydrogen-bond donors (Lipinski definition) is 4. The van der Waals surface area contributed by atoms with Gasteiger partial charge < -0.3 is 21.1 Å². The molecule has 0 fully saturated rings. The van der Waals surface area contributed by atoms with E-state index in [9.17, 15) is 5.11 Å². The number of anilines is 1. The maximum Gasteiger partial charge on any atom is 0.151 e. The van der Waals surface area contributed by atoms with Crippen molar-refractivity contribution in [3.05, 3.63) is 18.1 Å². The van der Waals surface area contributed by atoms with Crippen LogP contribution >= 0.6 is 11.8 Å². The molecule has 2 atom stereocenters. The van der Waals surface area contributed by atoms with E-state index >= 15 is 0 Å². The molecule has 2 aromatic heterocycles. The third-order valence-corrected chi connectivity index (χ3v) is 3.57. The van der Waals surface area contributed by atoms with Crippen molar-refractivity contribution in [3.63, 3.8) is 0 Å². The van der Waals surface area contributed by atoms with Gasteiger partial charge in [0.15, 0.2) is 5.82 Å². The predicted octanol–water partition coefficient (Wildman–Crippen LogP) is 0.524. The predicted molar refractivity (Wildman–Crippen MR) is 74.5 cm³/mol. The van der Waals surface area contributed by atoms with E-state index in [0.29, 0.717) is 17.1 Å². The van der Waals surface area contributed by atoms with Gasteiger partial charge in [0, 0.05) is 17.5 Å². The number of aromatic amines is 1. The molecule has 7 heteroatoms. The Hall–Kier alpha value is -1.31. The summed E-state index contributed by atoms with van der Waals surface area (Å²) >= 11 is 1.60. The topological polar surface area (TPSA) is 99.9 Å². The second-order valence-corrected chi connectivity index (χ2v) is 4.93. The molecule has 0 saturated heterocycles. The highest BCUT2D eigenvalue weighted by Crippen LogP contribution is 2.27. The van der Waals surface area contributed by atoms with Crippen LogP contribution in [0.5, 0.6) is 0 Å². The standard InChI is InChI=1S/C11H17N5OS/c1-13-8(7(17)4-18-2)6-3-14-10-9(6)15-5-16-11(10)12/h3,5,7-8,13-14,17H,4H2,1-2H3,(H2,12,15,16)/t7-,8?/m0/s1. The molecular weight excluding hydrogens is 250 g/mol. The largest absolute Gasteiger partial charge is 0.390 e. The number of nitrogens with two attached hydrogens (primary N) is 1. The second-order valence-electron chi connectivity index (χ2n) is 4.02. The average Bonchev–Trinajstić information content (AvgIpc) is 2.76. The smallest absolute Gasteiger partial charge is 0.151 e. The van der Waals surface area contributed by atoms with Crippen LogP contribution in [0.4, 0.5) is 5.82 Å². The number of fused-ring (bicyclic) bond motifs is 1. The minimum atomic E-state index is -0.486. The van der Waals surface area contributed by atoms with E-state index in [1.807, 2.05) is 19.5 Å². The van der Waals surface area contributed by atoms with Gasteiger partial charge in [-0.2, -0.15) is 11.8 Å². The number of likely N-dealkylation sites (N-methyl/N-ethyl adjacent to an activating group) is 1. The fourth-order valence-electron chi connectivity index (χ4n) is 2.04. The Morgan fingerprint density at radius 2 is 2.33 bits per heavy atom. The van der Waals surface area contributed by atoms with E-state index in [1.165, 1.54) is 6.33 Å². The summed E-state index contributed by atoms with van der Waals surface area (Å²) < 4.78 is 0. The first kappa shape index (κ1) is 13.1. The van der Waals surface area contributed by atoms with Crippen LogP contribution in [0.3, 0.4) is 0 Å². The molecule has 0 amide bonds. The Morgan fingerprint density at radius 1 is 1.56 bits per heavy atom. The third-order valence-electron chi connectivity index (χ3n) is 2.89. The third kappa shape index (κ3) is 2.29. The average molecular weight is 267 g/mol. The first-order valence-electron chi connectivity index (χ1n) is 5.60. The summed E-state index contributed by atoms with van der Waals surface area (Å²) in [6.07, 6.45) is 4.73. The summed E-state index contributed by atoms with van der Waals surface area (Å²) in [6.45, 7) is 0. The molecule has 0 aliphatic carbocycles. The van der Waals surface area contributed by atoms with E-state index in [-0.39, 0.29) is 6.04 Å². The number of H-pyrrole nitrogens is 1. The normalized spacial score (nSPS) is 14.8. The highest BCUT2D eigenvalue weighted by Gasteiger charge is 2.23. The van der Waals surface area contributed by atoms with Gasteiger partial charge in [0.05, 0.1) is 17.7 Å². The number of aliphatic hydroxyl groups excluding tert-OH is 1. The number of thioether (sulfide) groups is 1. The van der Waals surface area contributed by atoms with E-state index < -0.39 is 6.10 Å². The molecule has 98 valence electrons. The molecule has 5 N–H and O–H groups in total. The lowest BCUT2D eigenvalue weighted by molar-refractivity contribution is 0.155. The lowest BCUT2D eigenvalue weighted by Gasteiger charge is -2.21. The van der Waals surface area contributed by atoms with E-state index in [2.05, 4.69) is 20.3 Å². The maximum absolute atomic E-state index is 10.1. The maximum atomic E-state index is 10.1. The SMILES string of the molecule is CNC(c1c[nH]c2c(N)ncnc12)[C@@H](O)CSC. The number of aliphatic hydroxyl groups is 1. The molecule has 0 aliphatic rings. The van der Waals surface area contributed by atoms with Crippen LogP contribution in [0.25, 0.3) is 11.0 Å². The van der Waals surface area contributed by atoms with Gasteiger partial charge in [-0.3, -0.25) is 0 Å². The number of nitrogen functional groups attached to an aromatic ring is 1. The van der Waals surface area contributed by atoms with Gasteiger partial charge in [-0.25, -0.2) is 9.97 Å². The van der Waals surface area contributed by atoms with Crippen LogP contribution in [-0.4, -0.2) is 45.2 Å². The van der Waals surface area contributed by atoms with Crippen LogP contribution in [0.1, 0.15) is 11.6 Å². The molecule has 6 nitrogen and oxygen atoms in total. The Balaban J connectivity index is 2.42. The van der Waals surface area contributed by atoms with Gasteiger partial charge in [0.1, 0.15) is 11.8 Å². The monoisotopic (exact) mass is 267 g/mol. The van der Waals surface area contributed by atoms with E-state index in [1.54, 1.807) is 11.8 Å². The summed E-state index contributed by atoms with van der Waals surface area (Å²) in [5.74, 6) is 1.07. The molecule has 1 unspecified atom stereocenters. The highest BCUT2D eigenvalue weighted by molar-refractivity contribution is 7.98. The first-order valence-corrected chi connectivity index (χ1v) is 7.00. The van der Waals surface area contributed by atoms with E-state index in [0.717, 1.165) is 11.1 Å². The second kappa shape index (κ2) is 5.55. The lowest BCUT2D eigenvalue weighted by Crippen LogP contribution is -2.31. The highest BCUT2D eigenvalue weighted by atomic mass is 32.2. The molecule has 0 bridgehead atoms.